The first-order valence-corrected chi connectivity index (χ1v) is 14.3. The zero-order chi connectivity index (χ0) is 24.7. The molecule has 0 bridgehead atoms. The van der Waals surface area contributed by atoms with Crippen molar-refractivity contribution in [2.45, 2.75) is 97.7 Å². The van der Waals surface area contributed by atoms with Crippen LogP contribution in [0.5, 0.6) is 0 Å². The number of nitrogens with one attached hydrogen (secondary N) is 2. The molecule has 36 heavy (non-hydrogen) atoms. The van der Waals surface area contributed by atoms with Crippen molar-refractivity contribution in [3.63, 3.8) is 0 Å². The number of benzene rings is 2. The van der Waals surface area contributed by atoms with Gasteiger partial charge in [0.25, 0.3) is 0 Å². The summed E-state index contributed by atoms with van der Waals surface area (Å²) in [7, 11) is 0. The van der Waals surface area contributed by atoms with Crippen molar-refractivity contribution < 1.29 is 0 Å². The van der Waals surface area contributed by atoms with Crippen LogP contribution in [0.4, 0.5) is 5.69 Å². The van der Waals surface area contributed by atoms with E-state index >= 15 is 0 Å². The molecule has 1 atom stereocenters. The van der Waals surface area contributed by atoms with Crippen molar-refractivity contribution in [1.82, 2.24) is 10.6 Å². The first-order valence-electron chi connectivity index (χ1n) is 14.3. The van der Waals surface area contributed by atoms with Crippen molar-refractivity contribution in [1.29, 1.82) is 0 Å². The summed E-state index contributed by atoms with van der Waals surface area (Å²) < 4.78 is 0. The minimum Gasteiger partial charge on any atom is -0.366 e. The Balaban J connectivity index is 0.00000361. The second-order valence-corrected chi connectivity index (χ2v) is 12.1. The van der Waals surface area contributed by atoms with E-state index in [1.807, 2.05) is 0 Å². The van der Waals surface area contributed by atoms with E-state index in [4.69, 9.17) is 0 Å². The van der Waals surface area contributed by atoms with Gasteiger partial charge < -0.3 is 15.5 Å². The molecule has 3 nitrogen and oxygen atoms in total. The van der Waals surface area contributed by atoms with Gasteiger partial charge in [-0.25, -0.2) is 0 Å². The Morgan fingerprint density at radius 1 is 0.944 bits per heavy atom. The normalized spacial score (nSPS) is 22.8. The molecule has 1 heterocycles. The highest BCUT2D eigenvalue weighted by Crippen LogP contribution is 2.45. The van der Waals surface area contributed by atoms with Crippen LogP contribution in [-0.2, 0) is 13.1 Å². The molecule has 4 rings (SSSR count). The van der Waals surface area contributed by atoms with Crippen LogP contribution in [0.2, 0.25) is 0 Å². The van der Waals surface area contributed by atoms with Gasteiger partial charge in [-0.1, -0.05) is 83.0 Å². The topological polar surface area (TPSA) is 27.3 Å². The van der Waals surface area contributed by atoms with Crippen LogP contribution in [0.15, 0.2) is 48.5 Å². The number of nitrogens with zero attached hydrogens (tertiary/aromatic N) is 1. The third-order valence-electron chi connectivity index (χ3n) is 8.54. The molecule has 2 fully saturated rings. The third kappa shape index (κ3) is 7.73. The standard InChI is InChI=1S/C32H49N3.ClH/c1-5-6-12-29-24-33-19-20-35(29)31-18-13-26(23-34-22-25-10-8-7-9-11-25)21-30(31)27-14-16-28(17-15-27)32(2,3)4;/h7-11,13,18,21,27-29,33-34H,5-6,12,14-17,19-20,22-24H2,1-4H3;1H. The molecule has 1 aliphatic heterocycles. The van der Waals surface area contributed by atoms with Gasteiger partial charge in [0.1, 0.15) is 0 Å². The highest BCUT2D eigenvalue weighted by molar-refractivity contribution is 5.85. The van der Waals surface area contributed by atoms with Gasteiger partial charge in [-0.2, -0.15) is 0 Å². The van der Waals surface area contributed by atoms with E-state index in [0.717, 1.165) is 38.6 Å². The Kier molecular flexibility index (Phi) is 11.2. The minimum absolute atomic E-state index is 0. The minimum atomic E-state index is 0. The maximum absolute atomic E-state index is 3.69. The quantitative estimate of drug-likeness (QED) is 0.361. The van der Waals surface area contributed by atoms with E-state index in [0.29, 0.717) is 17.4 Å². The van der Waals surface area contributed by atoms with E-state index in [9.17, 15) is 0 Å². The molecule has 1 aliphatic carbocycles. The monoisotopic (exact) mass is 511 g/mol. The predicted molar refractivity (Wildman–Crippen MR) is 158 cm³/mol. The van der Waals surface area contributed by atoms with Crippen molar-refractivity contribution in [3.8, 4) is 0 Å². The van der Waals surface area contributed by atoms with Crippen LogP contribution >= 0.6 is 12.4 Å². The number of hydrogen-bond acceptors (Lipinski definition) is 3. The van der Waals surface area contributed by atoms with Crippen molar-refractivity contribution in [3.05, 3.63) is 65.2 Å². The van der Waals surface area contributed by atoms with Gasteiger partial charge in [0.15, 0.2) is 0 Å². The second kappa shape index (κ2) is 13.8. The largest absolute Gasteiger partial charge is 0.366 e. The Hall–Kier alpha value is -1.55. The summed E-state index contributed by atoms with van der Waals surface area (Å²) in [5.41, 5.74) is 6.36. The molecule has 2 aromatic carbocycles. The highest BCUT2D eigenvalue weighted by atomic mass is 35.5. The van der Waals surface area contributed by atoms with Crippen molar-refractivity contribution in [2.75, 3.05) is 24.5 Å². The molecule has 1 unspecified atom stereocenters. The second-order valence-electron chi connectivity index (χ2n) is 12.1. The Morgan fingerprint density at radius 2 is 1.67 bits per heavy atom. The van der Waals surface area contributed by atoms with Gasteiger partial charge in [-0.15, -0.1) is 12.4 Å². The molecule has 2 aliphatic rings. The smallest absolute Gasteiger partial charge is 0.0415 e. The molecule has 1 saturated carbocycles. The number of piperazine rings is 1. The number of anilines is 1. The van der Waals surface area contributed by atoms with Crippen LogP contribution < -0.4 is 15.5 Å². The van der Waals surface area contributed by atoms with Crippen LogP contribution in [0.1, 0.15) is 95.2 Å². The summed E-state index contributed by atoms with van der Waals surface area (Å²) in [6.07, 6.45) is 9.29. The molecule has 1 saturated heterocycles. The zero-order valence-corrected chi connectivity index (χ0v) is 24.0. The summed E-state index contributed by atoms with van der Waals surface area (Å²) in [6, 6.07) is 18.8. The highest BCUT2D eigenvalue weighted by Gasteiger charge is 2.32. The van der Waals surface area contributed by atoms with Gasteiger partial charge in [-0.05, 0) is 72.1 Å². The molecule has 2 aromatic rings. The van der Waals surface area contributed by atoms with E-state index in [2.05, 4.69) is 91.8 Å². The Morgan fingerprint density at radius 3 is 2.36 bits per heavy atom. The molecular formula is C32H50ClN3. The summed E-state index contributed by atoms with van der Waals surface area (Å²) in [5, 5.41) is 7.36. The van der Waals surface area contributed by atoms with Crippen molar-refractivity contribution in [2.24, 2.45) is 11.3 Å². The van der Waals surface area contributed by atoms with Crippen LogP contribution in [0.3, 0.4) is 0 Å². The lowest BCUT2D eigenvalue weighted by atomic mass is 9.68. The molecule has 200 valence electrons. The lowest BCUT2D eigenvalue weighted by Crippen LogP contribution is -2.51. The van der Waals surface area contributed by atoms with Crippen LogP contribution in [0.25, 0.3) is 0 Å². The average molecular weight is 512 g/mol. The fraction of sp³-hybridized carbons (Fsp3) is 0.625. The Labute approximate surface area is 227 Å². The van der Waals surface area contributed by atoms with Crippen molar-refractivity contribution >= 4 is 18.1 Å². The Bertz CT molecular complexity index is 899. The summed E-state index contributed by atoms with van der Waals surface area (Å²) >= 11 is 0. The summed E-state index contributed by atoms with van der Waals surface area (Å²) in [4.78, 5) is 2.76. The maximum atomic E-state index is 3.69. The number of unbranched alkanes of at least 4 members (excludes halogenated alkanes) is 1. The lowest BCUT2D eigenvalue weighted by molar-refractivity contribution is 0.169. The van der Waals surface area contributed by atoms with E-state index < -0.39 is 0 Å². The average Bonchev–Trinajstić information content (AvgIpc) is 2.88. The van der Waals surface area contributed by atoms with Gasteiger partial charge in [0.2, 0.25) is 0 Å². The van der Waals surface area contributed by atoms with Gasteiger partial charge in [0, 0.05) is 44.5 Å². The van der Waals surface area contributed by atoms with Gasteiger partial charge in [-0.3, -0.25) is 0 Å². The molecule has 0 aromatic heterocycles. The maximum Gasteiger partial charge on any atom is 0.0415 e. The number of rotatable bonds is 9. The van der Waals surface area contributed by atoms with E-state index in [1.54, 1.807) is 5.56 Å². The van der Waals surface area contributed by atoms with Gasteiger partial charge >= 0.3 is 0 Å². The number of hydrogen-bond donors (Lipinski definition) is 2. The van der Waals surface area contributed by atoms with Crippen LogP contribution in [-0.4, -0.2) is 25.7 Å². The molecule has 0 amide bonds. The third-order valence-corrected chi connectivity index (χ3v) is 8.54. The zero-order valence-electron chi connectivity index (χ0n) is 23.2. The van der Waals surface area contributed by atoms with E-state index in [-0.39, 0.29) is 12.4 Å². The van der Waals surface area contributed by atoms with Gasteiger partial charge in [0.05, 0.1) is 0 Å². The molecular weight excluding hydrogens is 462 g/mol. The fourth-order valence-corrected chi connectivity index (χ4v) is 6.30. The first kappa shape index (κ1) is 29.0. The molecule has 2 N–H and O–H groups in total. The molecule has 4 heteroatoms. The number of halogens is 1. The SMILES string of the molecule is CCCCC1CNCCN1c1ccc(CNCc2ccccc2)cc1C1CCC(C(C)(C)C)CC1.Cl. The predicted octanol–water partition coefficient (Wildman–Crippen LogP) is 7.69. The molecule has 0 spiro atoms. The van der Waals surface area contributed by atoms with Crippen LogP contribution in [0, 0.1) is 11.3 Å². The molecule has 0 radical (unpaired) electrons. The first-order chi connectivity index (χ1) is 17.0. The summed E-state index contributed by atoms with van der Waals surface area (Å²) in [6.45, 7) is 14.8. The fourth-order valence-electron chi connectivity index (χ4n) is 6.30. The summed E-state index contributed by atoms with van der Waals surface area (Å²) in [5.74, 6) is 1.55. The lowest BCUT2D eigenvalue weighted by Gasteiger charge is -2.42. The van der Waals surface area contributed by atoms with E-state index in [1.165, 1.54) is 61.8 Å².